The van der Waals surface area contributed by atoms with Gasteiger partial charge in [0.25, 0.3) is 0 Å². The minimum atomic E-state index is 0.668. The molecule has 2 fully saturated rings. The van der Waals surface area contributed by atoms with Gasteiger partial charge in [-0.1, -0.05) is 6.07 Å². The van der Waals surface area contributed by atoms with Gasteiger partial charge in [-0.25, -0.2) is 0 Å². The number of rotatable bonds is 5. The molecular weight excluding hydrogens is 326 g/mol. The van der Waals surface area contributed by atoms with Gasteiger partial charge in [-0.15, -0.1) is 0 Å². The zero-order valence-electron chi connectivity index (χ0n) is 13.1. The summed E-state index contributed by atoms with van der Waals surface area (Å²) in [6, 6.07) is 8.28. The molecule has 0 amide bonds. The lowest BCUT2D eigenvalue weighted by molar-refractivity contribution is 0.258. The molecule has 1 aromatic rings. The molecule has 1 unspecified atom stereocenters. The van der Waals surface area contributed by atoms with Crippen LogP contribution in [0.3, 0.4) is 0 Å². The number of hydrogen-bond donors (Lipinski definition) is 1. The minimum absolute atomic E-state index is 0.668. The number of nitrogens with one attached hydrogen (secondary N) is 1. The lowest BCUT2D eigenvalue weighted by atomic mass is 10.0. The summed E-state index contributed by atoms with van der Waals surface area (Å²) in [6.07, 6.45) is 5.28. The van der Waals surface area contributed by atoms with Gasteiger partial charge in [-0.05, 0) is 73.4 Å². The third kappa shape index (κ3) is 3.99. The van der Waals surface area contributed by atoms with Gasteiger partial charge in [-0.2, -0.15) is 0 Å². The Morgan fingerprint density at radius 3 is 2.76 bits per heavy atom. The van der Waals surface area contributed by atoms with E-state index in [9.17, 15) is 0 Å². The van der Waals surface area contributed by atoms with Crippen molar-refractivity contribution in [3.63, 3.8) is 0 Å². The Balaban J connectivity index is 1.66. The Kier molecular flexibility index (Phi) is 4.87. The number of nitrogens with zero attached hydrogens (tertiary/aromatic N) is 2. The van der Waals surface area contributed by atoms with E-state index in [2.05, 4.69) is 63.3 Å². The van der Waals surface area contributed by atoms with E-state index in [1.54, 1.807) is 0 Å². The molecular formula is C17H26BrN3. The summed E-state index contributed by atoms with van der Waals surface area (Å²) >= 11 is 3.78. The van der Waals surface area contributed by atoms with Crippen LogP contribution in [0.2, 0.25) is 0 Å². The second kappa shape index (κ2) is 6.67. The maximum atomic E-state index is 3.78. The predicted octanol–water partition coefficient (Wildman–Crippen LogP) is 3.23. The summed E-state index contributed by atoms with van der Waals surface area (Å²) in [5, 5.41) is 3.58. The molecule has 0 bridgehead atoms. The predicted molar refractivity (Wildman–Crippen MR) is 92.9 cm³/mol. The largest absolute Gasteiger partial charge is 0.369 e. The molecule has 1 saturated heterocycles. The summed E-state index contributed by atoms with van der Waals surface area (Å²) in [4.78, 5) is 4.88. The van der Waals surface area contributed by atoms with Gasteiger partial charge in [0.2, 0.25) is 0 Å². The van der Waals surface area contributed by atoms with Crippen LogP contribution in [-0.2, 0) is 6.54 Å². The van der Waals surface area contributed by atoms with Crippen molar-refractivity contribution >= 4 is 21.6 Å². The lowest BCUT2D eigenvalue weighted by Crippen LogP contribution is -2.45. The molecule has 0 aromatic heterocycles. The van der Waals surface area contributed by atoms with E-state index >= 15 is 0 Å². The number of likely N-dealkylation sites (N-methyl/N-ethyl adjacent to an activating group) is 1. The van der Waals surface area contributed by atoms with Crippen LogP contribution < -0.4 is 10.2 Å². The normalized spacial score (nSPS) is 22.9. The van der Waals surface area contributed by atoms with Crippen molar-refractivity contribution in [1.29, 1.82) is 0 Å². The van der Waals surface area contributed by atoms with Gasteiger partial charge in [-0.3, -0.25) is 0 Å². The van der Waals surface area contributed by atoms with Crippen molar-refractivity contribution in [3.8, 4) is 0 Å². The summed E-state index contributed by atoms with van der Waals surface area (Å²) in [7, 11) is 4.38. The van der Waals surface area contributed by atoms with Crippen molar-refractivity contribution in [2.24, 2.45) is 0 Å². The highest BCUT2D eigenvalue weighted by Crippen LogP contribution is 2.30. The van der Waals surface area contributed by atoms with Crippen LogP contribution >= 0.6 is 15.9 Å². The molecule has 1 aromatic carbocycles. The summed E-state index contributed by atoms with van der Waals surface area (Å²) in [5.41, 5.74) is 2.72. The first-order valence-corrected chi connectivity index (χ1v) is 8.86. The topological polar surface area (TPSA) is 18.5 Å². The number of hydrogen-bond acceptors (Lipinski definition) is 3. The molecule has 116 valence electrons. The van der Waals surface area contributed by atoms with Crippen LogP contribution in [0.1, 0.15) is 31.2 Å². The highest BCUT2D eigenvalue weighted by atomic mass is 79.9. The molecule has 3 nitrogen and oxygen atoms in total. The lowest BCUT2D eigenvalue weighted by Gasteiger charge is -2.38. The van der Waals surface area contributed by atoms with Crippen molar-refractivity contribution in [1.82, 2.24) is 10.2 Å². The van der Waals surface area contributed by atoms with E-state index in [0.29, 0.717) is 6.04 Å². The molecule has 0 spiro atoms. The van der Waals surface area contributed by atoms with Crippen LogP contribution in [0, 0.1) is 0 Å². The molecule has 2 aliphatic rings. The third-order valence-electron chi connectivity index (χ3n) is 4.65. The van der Waals surface area contributed by atoms with Crippen molar-refractivity contribution < 1.29 is 0 Å². The van der Waals surface area contributed by atoms with Crippen molar-refractivity contribution in [3.05, 3.63) is 28.2 Å². The Morgan fingerprint density at radius 2 is 2.10 bits per heavy atom. The second-order valence-corrected chi connectivity index (χ2v) is 7.50. The average molecular weight is 352 g/mol. The summed E-state index contributed by atoms with van der Waals surface area (Å²) < 4.78 is 1.23. The molecule has 1 saturated carbocycles. The van der Waals surface area contributed by atoms with Crippen LogP contribution in [0.4, 0.5) is 5.69 Å². The van der Waals surface area contributed by atoms with Gasteiger partial charge >= 0.3 is 0 Å². The zero-order chi connectivity index (χ0) is 14.8. The fourth-order valence-electron chi connectivity index (χ4n) is 3.06. The second-order valence-electron chi connectivity index (χ2n) is 6.65. The van der Waals surface area contributed by atoms with E-state index < -0.39 is 0 Å². The highest BCUT2D eigenvalue weighted by Gasteiger charge is 2.23. The average Bonchev–Trinajstić information content (AvgIpc) is 3.29. The standard InChI is InChI=1S/C17H26BrN3/c1-20(2)15-4-3-9-21(12-15)17-8-5-13(10-16(17)18)11-19-14-6-7-14/h5,8,10,14-15,19H,3-4,6-7,9,11-12H2,1-2H3. The first kappa shape index (κ1) is 15.3. The van der Waals surface area contributed by atoms with E-state index in [4.69, 9.17) is 0 Å². The van der Waals surface area contributed by atoms with Crippen LogP contribution in [0.15, 0.2) is 22.7 Å². The number of halogens is 1. The first-order valence-electron chi connectivity index (χ1n) is 8.06. The fourth-order valence-corrected chi connectivity index (χ4v) is 3.74. The molecule has 1 heterocycles. The van der Waals surface area contributed by atoms with Gasteiger partial charge in [0, 0.05) is 36.2 Å². The van der Waals surface area contributed by atoms with Crippen LogP contribution in [-0.4, -0.2) is 44.2 Å². The van der Waals surface area contributed by atoms with E-state index in [1.165, 1.54) is 48.0 Å². The molecule has 0 radical (unpaired) electrons. The van der Waals surface area contributed by atoms with Crippen LogP contribution in [0.5, 0.6) is 0 Å². The summed E-state index contributed by atoms with van der Waals surface area (Å²) in [5.74, 6) is 0. The fraction of sp³-hybridized carbons (Fsp3) is 0.647. The Hall–Kier alpha value is -0.580. The Morgan fingerprint density at radius 1 is 1.29 bits per heavy atom. The Labute approximate surface area is 136 Å². The van der Waals surface area contributed by atoms with E-state index in [1.807, 2.05) is 0 Å². The summed E-state index contributed by atoms with van der Waals surface area (Å²) in [6.45, 7) is 3.29. The molecule has 1 aliphatic heterocycles. The minimum Gasteiger partial charge on any atom is -0.369 e. The number of piperidine rings is 1. The highest BCUT2D eigenvalue weighted by molar-refractivity contribution is 9.10. The van der Waals surface area contributed by atoms with Gasteiger partial charge in [0.15, 0.2) is 0 Å². The van der Waals surface area contributed by atoms with Gasteiger partial charge in [0.05, 0.1) is 5.69 Å². The molecule has 4 heteroatoms. The van der Waals surface area contributed by atoms with Gasteiger partial charge in [0.1, 0.15) is 0 Å². The van der Waals surface area contributed by atoms with Crippen LogP contribution in [0.25, 0.3) is 0 Å². The Bertz CT molecular complexity index is 485. The smallest absolute Gasteiger partial charge is 0.0511 e. The molecule has 21 heavy (non-hydrogen) atoms. The molecule has 1 atom stereocenters. The third-order valence-corrected chi connectivity index (χ3v) is 5.29. The van der Waals surface area contributed by atoms with E-state index in [-0.39, 0.29) is 0 Å². The van der Waals surface area contributed by atoms with Gasteiger partial charge < -0.3 is 15.1 Å². The zero-order valence-corrected chi connectivity index (χ0v) is 14.7. The first-order chi connectivity index (χ1) is 10.1. The van der Waals surface area contributed by atoms with E-state index in [0.717, 1.165) is 19.1 Å². The molecule has 1 aliphatic carbocycles. The maximum absolute atomic E-state index is 3.78. The number of anilines is 1. The molecule has 1 N–H and O–H groups in total. The quantitative estimate of drug-likeness (QED) is 0.878. The molecule has 3 rings (SSSR count). The number of benzene rings is 1. The van der Waals surface area contributed by atoms with Crippen molar-refractivity contribution in [2.45, 2.75) is 44.3 Å². The monoisotopic (exact) mass is 351 g/mol. The maximum Gasteiger partial charge on any atom is 0.0511 e. The SMILES string of the molecule is CN(C)C1CCCN(c2ccc(CNC3CC3)cc2Br)C1. The van der Waals surface area contributed by atoms with Crippen molar-refractivity contribution in [2.75, 3.05) is 32.1 Å².